The highest BCUT2D eigenvalue weighted by Crippen LogP contribution is 2.29. The summed E-state index contributed by atoms with van der Waals surface area (Å²) in [4.78, 5) is 24.2. The van der Waals surface area contributed by atoms with Gasteiger partial charge in [-0.2, -0.15) is 4.31 Å². The van der Waals surface area contributed by atoms with E-state index in [1.807, 2.05) is 0 Å². The maximum Gasteiger partial charge on any atom is 0.338 e. The van der Waals surface area contributed by atoms with E-state index in [1.54, 1.807) is 32.0 Å². The Morgan fingerprint density at radius 3 is 2.33 bits per heavy atom. The molecule has 1 fully saturated rings. The number of hydrogen-bond acceptors (Lipinski definition) is 7. The van der Waals surface area contributed by atoms with E-state index in [4.69, 9.17) is 25.8 Å². The summed E-state index contributed by atoms with van der Waals surface area (Å²) in [7, 11) is -2.48. The lowest BCUT2D eigenvalue weighted by molar-refractivity contribution is -0.0440. The summed E-state index contributed by atoms with van der Waals surface area (Å²) in [5.41, 5.74) is 1.00. The van der Waals surface area contributed by atoms with Crippen molar-refractivity contribution in [1.82, 2.24) is 4.31 Å². The van der Waals surface area contributed by atoms with Crippen LogP contribution >= 0.6 is 11.6 Å². The molecule has 10 heteroatoms. The van der Waals surface area contributed by atoms with Crippen LogP contribution in [0.2, 0.25) is 5.02 Å². The van der Waals surface area contributed by atoms with Crippen molar-refractivity contribution in [3.63, 3.8) is 0 Å². The number of benzene rings is 2. The van der Waals surface area contributed by atoms with Gasteiger partial charge >= 0.3 is 5.97 Å². The smallest absolute Gasteiger partial charge is 0.338 e. The summed E-state index contributed by atoms with van der Waals surface area (Å²) in [6.07, 6.45) is -0.535. The van der Waals surface area contributed by atoms with Gasteiger partial charge in [-0.15, -0.1) is 0 Å². The molecule has 0 spiro atoms. The monoisotopic (exact) mass is 495 g/mol. The normalized spacial score (nSPS) is 19.2. The van der Waals surface area contributed by atoms with Crippen molar-refractivity contribution in [2.75, 3.05) is 20.2 Å². The summed E-state index contributed by atoms with van der Waals surface area (Å²) >= 11 is 6.20. The minimum absolute atomic E-state index is 0.00850. The molecule has 0 amide bonds. The third-order valence-corrected chi connectivity index (χ3v) is 7.53. The number of carbonyl (C=O) groups is 2. The molecule has 2 atom stereocenters. The van der Waals surface area contributed by atoms with Gasteiger partial charge in [0.15, 0.2) is 5.78 Å². The fourth-order valence-electron chi connectivity index (χ4n) is 3.63. The predicted molar refractivity (Wildman–Crippen MR) is 122 cm³/mol. The third kappa shape index (κ3) is 5.73. The molecule has 0 N–H and O–H groups in total. The Hall–Kier alpha value is -2.46. The van der Waals surface area contributed by atoms with Crippen LogP contribution in [0.1, 0.15) is 47.1 Å². The van der Waals surface area contributed by atoms with Gasteiger partial charge in [0.25, 0.3) is 0 Å². The second kappa shape index (κ2) is 10.2. The molecule has 0 radical (unpaired) electrons. The van der Waals surface area contributed by atoms with Crippen molar-refractivity contribution in [1.29, 1.82) is 0 Å². The zero-order valence-electron chi connectivity index (χ0n) is 18.8. The molecule has 178 valence electrons. The molecular weight excluding hydrogens is 470 g/mol. The molecule has 8 nitrogen and oxygen atoms in total. The lowest BCUT2D eigenvalue weighted by Gasteiger charge is -2.34. The van der Waals surface area contributed by atoms with Gasteiger partial charge in [-0.25, -0.2) is 13.2 Å². The Morgan fingerprint density at radius 1 is 1.09 bits per heavy atom. The van der Waals surface area contributed by atoms with Crippen LogP contribution in [-0.2, 0) is 26.1 Å². The average molecular weight is 496 g/mol. The van der Waals surface area contributed by atoms with Gasteiger partial charge in [-0.05, 0) is 57.2 Å². The van der Waals surface area contributed by atoms with Crippen LogP contribution in [0.25, 0.3) is 0 Å². The zero-order valence-corrected chi connectivity index (χ0v) is 20.4. The number of rotatable bonds is 7. The number of sulfonamides is 1. The van der Waals surface area contributed by atoms with Crippen molar-refractivity contribution >= 4 is 33.4 Å². The first kappa shape index (κ1) is 25.2. The lowest BCUT2D eigenvalue weighted by atomic mass is 10.1. The number of esters is 1. The van der Waals surface area contributed by atoms with E-state index in [9.17, 15) is 18.0 Å². The molecule has 1 aliphatic heterocycles. The van der Waals surface area contributed by atoms with Crippen molar-refractivity contribution < 1.29 is 32.2 Å². The molecule has 3 rings (SSSR count). The maximum absolute atomic E-state index is 13.2. The molecule has 0 unspecified atom stereocenters. The highest BCUT2D eigenvalue weighted by molar-refractivity contribution is 7.89. The summed E-state index contributed by atoms with van der Waals surface area (Å²) in [6.45, 7) is 5.23. The molecule has 1 heterocycles. The zero-order chi connectivity index (χ0) is 24.3. The number of ether oxygens (including phenoxy) is 3. The first-order chi connectivity index (χ1) is 15.5. The molecule has 0 aliphatic carbocycles. The highest BCUT2D eigenvalue weighted by Gasteiger charge is 2.34. The van der Waals surface area contributed by atoms with Crippen LogP contribution < -0.4 is 4.74 Å². The van der Waals surface area contributed by atoms with Gasteiger partial charge in [0.1, 0.15) is 17.3 Å². The standard InChI is InChI=1S/C23H26ClNO7S/c1-14-11-25(12-15(2)32-14)33(28,29)22-10-18(5-7-20(22)24)23(27)31-13-19-9-17(16(3)26)6-8-21(19)30-4/h5-10,14-15H,11-13H2,1-4H3/t14-,15-/m1/s1. The van der Waals surface area contributed by atoms with E-state index >= 15 is 0 Å². The number of carbonyl (C=O) groups excluding carboxylic acids is 2. The van der Waals surface area contributed by atoms with Crippen LogP contribution in [0.15, 0.2) is 41.3 Å². The molecule has 2 aromatic rings. The van der Waals surface area contributed by atoms with Crippen LogP contribution in [-0.4, -0.2) is 56.9 Å². The van der Waals surface area contributed by atoms with E-state index in [-0.39, 0.29) is 53.2 Å². The number of methoxy groups -OCH3 is 1. The number of morpholine rings is 1. The Kier molecular flexibility index (Phi) is 7.79. The van der Waals surface area contributed by atoms with Crippen LogP contribution in [0.4, 0.5) is 0 Å². The minimum Gasteiger partial charge on any atom is -0.496 e. The van der Waals surface area contributed by atoms with E-state index in [0.717, 1.165) is 0 Å². The van der Waals surface area contributed by atoms with Crippen LogP contribution in [0.3, 0.4) is 0 Å². The Bertz CT molecular complexity index is 1160. The Morgan fingerprint density at radius 2 is 1.73 bits per heavy atom. The van der Waals surface area contributed by atoms with Gasteiger partial charge in [-0.3, -0.25) is 4.79 Å². The topological polar surface area (TPSA) is 99.2 Å². The highest BCUT2D eigenvalue weighted by atomic mass is 35.5. The summed E-state index contributed by atoms with van der Waals surface area (Å²) in [5.74, 6) is -0.408. The van der Waals surface area contributed by atoms with Crippen molar-refractivity contribution in [2.24, 2.45) is 0 Å². The summed E-state index contributed by atoms with van der Waals surface area (Å²) in [5, 5.41) is 0.00850. The fourth-order valence-corrected chi connectivity index (χ4v) is 5.72. The lowest BCUT2D eigenvalue weighted by Crippen LogP contribution is -2.48. The first-order valence-corrected chi connectivity index (χ1v) is 12.1. The van der Waals surface area contributed by atoms with Gasteiger partial charge in [0, 0.05) is 24.2 Å². The molecule has 33 heavy (non-hydrogen) atoms. The second-order valence-corrected chi connectivity index (χ2v) is 10.2. The largest absolute Gasteiger partial charge is 0.496 e. The maximum atomic E-state index is 13.2. The first-order valence-electron chi connectivity index (χ1n) is 10.3. The van der Waals surface area contributed by atoms with Gasteiger partial charge < -0.3 is 14.2 Å². The fraction of sp³-hybridized carbons (Fsp3) is 0.391. The van der Waals surface area contributed by atoms with Crippen molar-refractivity contribution in [2.45, 2.75) is 44.5 Å². The molecule has 0 bridgehead atoms. The number of Topliss-reactive ketones (excluding diaryl/α,β-unsaturated/α-hetero) is 1. The van der Waals surface area contributed by atoms with Crippen molar-refractivity contribution in [3.8, 4) is 5.75 Å². The van der Waals surface area contributed by atoms with E-state index in [1.165, 1.54) is 36.5 Å². The average Bonchev–Trinajstić information content (AvgIpc) is 2.76. The van der Waals surface area contributed by atoms with Crippen LogP contribution in [0, 0.1) is 0 Å². The Labute approximate surface area is 198 Å². The third-order valence-electron chi connectivity index (χ3n) is 5.22. The summed E-state index contributed by atoms with van der Waals surface area (Å²) < 4.78 is 44.0. The van der Waals surface area contributed by atoms with Gasteiger partial charge in [0.05, 0.1) is 29.9 Å². The number of halogens is 1. The van der Waals surface area contributed by atoms with E-state index < -0.39 is 16.0 Å². The SMILES string of the molecule is COc1ccc(C(C)=O)cc1COC(=O)c1ccc(Cl)c(S(=O)(=O)N2C[C@@H](C)O[C@H](C)C2)c1. The second-order valence-electron chi connectivity index (χ2n) is 7.88. The number of hydrogen-bond donors (Lipinski definition) is 0. The van der Waals surface area contributed by atoms with Crippen molar-refractivity contribution in [3.05, 3.63) is 58.1 Å². The van der Waals surface area contributed by atoms with E-state index in [0.29, 0.717) is 16.9 Å². The molecule has 0 saturated carbocycles. The van der Waals surface area contributed by atoms with Gasteiger partial charge in [0.2, 0.25) is 10.0 Å². The molecule has 2 aromatic carbocycles. The summed E-state index contributed by atoms with van der Waals surface area (Å²) in [6, 6.07) is 8.81. The number of nitrogens with zero attached hydrogens (tertiary/aromatic N) is 1. The van der Waals surface area contributed by atoms with Crippen LogP contribution in [0.5, 0.6) is 5.75 Å². The molecule has 1 saturated heterocycles. The minimum atomic E-state index is -3.95. The number of ketones is 1. The van der Waals surface area contributed by atoms with E-state index in [2.05, 4.69) is 0 Å². The quantitative estimate of drug-likeness (QED) is 0.426. The molecule has 0 aromatic heterocycles. The molecular formula is C23H26ClNO7S. The predicted octanol–water partition coefficient (Wildman–Crippen LogP) is 3.71. The van der Waals surface area contributed by atoms with Gasteiger partial charge in [-0.1, -0.05) is 11.6 Å². The molecule has 1 aliphatic rings. The Balaban J connectivity index is 1.83.